The molecule has 3 aromatic rings. The summed E-state index contributed by atoms with van der Waals surface area (Å²) in [5.74, 6) is 0.980. The average molecular weight is 516 g/mol. The Labute approximate surface area is 214 Å². The van der Waals surface area contributed by atoms with Crippen molar-refractivity contribution < 1.29 is 18.1 Å². The van der Waals surface area contributed by atoms with Crippen LogP contribution in [0.15, 0.2) is 53.3 Å². The number of nitrogens with zero attached hydrogens (tertiary/aromatic N) is 1. The monoisotopic (exact) mass is 515 g/mol. The zero-order valence-electron chi connectivity index (χ0n) is 21.6. The summed E-state index contributed by atoms with van der Waals surface area (Å²) in [6.07, 6.45) is 0.761. The van der Waals surface area contributed by atoms with Crippen LogP contribution in [0.4, 0.5) is 21.6 Å². The molecule has 194 valence electrons. The number of halogens is 1. The van der Waals surface area contributed by atoms with Crippen molar-refractivity contribution in [3.63, 3.8) is 0 Å². The van der Waals surface area contributed by atoms with Crippen LogP contribution in [-0.4, -0.2) is 27.7 Å². The number of aromatic nitrogens is 1. The van der Waals surface area contributed by atoms with Gasteiger partial charge in [-0.15, -0.1) is 0 Å². The molecule has 0 aliphatic heterocycles. The normalized spacial score (nSPS) is 16.9. The molecule has 0 bridgehead atoms. The van der Waals surface area contributed by atoms with Gasteiger partial charge in [0.25, 0.3) is 5.56 Å². The Hall–Kier alpha value is -3.33. The lowest BCUT2D eigenvalue weighted by Crippen LogP contribution is -2.22. The van der Waals surface area contributed by atoms with Crippen LogP contribution in [-0.2, 0) is 18.0 Å². The number of methoxy groups -OCH3 is 1. The smallest absolute Gasteiger partial charge is 0.255 e. The molecule has 0 amide bonds. The highest BCUT2D eigenvalue weighted by atomic mass is 32.2. The third-order valence-electron chi connectivity index (χ3n) is 5.83. The highest BCUT2D eigenvalue weighted by Crippen LogP contribution is 2.46. The van der Waals surface area contributed by atoms with Crippen molar-refractivity contribution in [1.82, 2.24) is 4.57 Å². The molecule has 0 spiro atoms. The van der Waals surface area contributed by atoms with E-state index in [2.05, 4.69) is 10.0 Å². The van der Waals surface area contributed by atoms with Crippen molar-refractivity contribution in [1.29, 1.82) is 0 Å². The van der Waals surface area contributed by atoms with E-state index in [1.807, 2.05) is 45.0 Å². The Kier molecular flexibility index (Phi) is 9.14. The first kappa shape index (κ1) is 27.3. The van der Waals surface area contributed by atoms with Gasteiger partial charge in [0, 0.05) is 19.0 Å². The molecule has 3 atom stereocenters. The van der Waals surface area contributed by atoms with Gasteiger partial charge < -0.3 is 14.8 Å². The number of hydrogen-bond acceptors (Lipinski definition) is 5. The summed E-state index contributed by atoms with van der Waals surface area (Å²) in [5.41, 5.74) is 2.05. The van der Waals surface area contributed by atoms with Crippen molar-refractivity contribution in [3.8, 4) is 11.5 Å². The quantitative estimate of drug-likeness (QED) is 0.385. The Balaban J connectivity index is 0.00000176. The zero-order chi connectivity index (χ0) is 26.4. The molecule has 1 saturated carbocycles. The SMILES string of the molecule is CC.CCOc1ccc(C2CC2S(=O)Nc2c(OC)cc(=O)n(C)c2Nc2ccc(C)cc2F)cc1. The Morgan fingerprint density at radius 3 is 2.44 bits per heavy atom. The zero-order valence-corrected chi connectivity index (χ0v) is 22.4. The maximum atomic E-state index is 14.5. The van der Waals surface area contributed by atoms with Crippen LogP contribution >= 0.6 is 0 Å². The predicted molar refractivity (Wildman–Crippen MR) is 145 cm³/mol. The first-order valence-electron chi connectivity index (χ1n) is 12.0. The molecule has 0 saturated heterocycles. The summed E-state index contributed by atoms with van der Waals surface area (Å²) in [5, 5.41) is 2.87. The average Bonchev–Trinajstić information content (AvgIpc) is 3.68. The largest absolute Gasteiger partial charge is 0.494 e. The van der Waals surface area contributed by atoms with E-state index in [0.717, 1.165) is 23.3 Å². The van der Waals surface area contributed by atoms with Gasteiger partial charge in [0.05, 0.1) is 24.7 Å². The van der Waals surface area contributed by atoms with E-state index >= 15 is 0 Å². The van der Waals surface area contributed by atoms with Crippen molar-refractivity contribution in [2.45, 2.75) is 45.3 Å². The van der Waals surface area contributed by atoms with E-state index in [0.29, 0.717) is 12.3 Å². The fourth-order valence-electron chi connectivity index (χ4n) is 3.84. The van der Waals surface area contributed by atoms with Crippen molar-refractivity contribution in [2.24, 2.45) is 7.05 Å². The van der Waals surface area contributed by atoms with Gasteiger partial charge in [-0.2, -0.15) is 0 Å². The lowest BCUT2D eigenvalue weighted by atomic mass is 10.1. The lowest BCUT2D eigenvalue weighted by Gasteiger charge is -2.19. The minimum atomic E-state index is -1.47. The van der Waals surface area contributed by atoms with Crippen LogP contribution in [0.2, 0.25) is 0 Å². The molecule has 2 aromatic carbocycles. The van der Waals surface area contributed by atoms with Gasteiger partial charge in [-0.05, 0) is 55.7 Å². The Morgan fingerprint density at radius 2 is 1.83 bits per heavy atom. The molecule has 4 rings (SSSR count). The number of benzene rings is 2. The summed E-state index contributed by atoms with van der Waals surface area (Å²) in [7, 11) is 1.52. The minimum Gasteiger partial charge on any atom is -0.494 e. The number of pyridine rings is 1. The van der Waals surface area contributed by atoms with E-state index < -0.39 is 16.8 Å². The molecule has 1 aliphatic rings. The molecule has 3 unspecified atom stereocenters. The summed E-state index contributed by atoms with van der Waals surface area (Å²) < 4.78 is 43.0. The Bertz CT molecular complexity index is 1280. The van der Waals surface area contributed by atoms with Crippen LogP contribution in [0.5, 0.6) is 11.5 Å². The third kappa shape index (κ3) is 6.07. The fourth-order valence-corrected chi connectivity index (χ4v) is 5.23. The van der Waals surface area contributed by atoms with Gasteiger partial charge in [0.2, 0.25) is 0 Å². The van der Waals surface area contributed by atoms with Crippen LogP contribution in [0.3, 0.4) is 0 Å². The first-order valence-corrected chi connectivity index (χ1v) is 13.2. The summed E-state index contributed by atoms with van der Waals surface area (Å²) in [6, 6.07) is 13.9. The molecular weight excluding hydrogens is 481 g/mol. The van der Waals surface area contributed by atoms with Gasteiger partial charge in [-0.25, -0.2) is 8.60 Å². The number of ether oxygens (including phenoxy) is 2. The van der Waals surface area contributed by atoms with Gasteiger partial charge in [0.15, 0.2) is 5.75 Å². The van der Waals surface area contributed by atoms with Crippen LogP contribution in [0, 0.1) is 12.7 Å². The molecular formula is C27H34FN3O4S. The number of nitrogens with one attached hydrogen (secondary N) is 2. The molecule has 9 heteroatoms. The van der Waals surface area contributed by atoms with Gasteiger partial charge in [-0.1, -0.05) is 32.0 Å². The van der Waals surface area contributed by atoms with Crippen molar-refractivity contribution in [3.05, 3.63) is 75.8 Å². The van der Waals surface area contributed by atoms with Gasteiger partial charge in [-0.3, -0.25) is 14.1 Å². The molecule has 1 fully saturated rings. The molecule has 1 aromatic heterocycles. The van der Waals surface area contributed by atoms with Crippen LogP contribution in [0.25, 0.3) is 0 Å². The fraction of sp³-hybridized carbons (Fsp3) is 0.370. The minimum absolute atomic E-state index is 0.108. The third-order valence-corrected chi connectivity index (χ3v) is 7.31. The van der Waals surface area contributed by atoms with Crippen molar-refractivity contribution in [2.75, 3.05) is 23.8 Å². The lowest BCUT2D eigenvalue weighted by molar-refractivity contribution is 0.340. The number of hydrogen-bond donors (Lipinski definition) is 2. The second-order valence-corrected chi connectivity index (χ2v) is 9.63. The van der Waals surface area contributed by atoms with E-state index in [1.165, 1.54) is 23.8 Å². The number of aryl methyl sites for hydroxylation is 1. The first-order chi connectivity index (χ1) is 17.3. The number of anilines is 3. The van der Waals surface area contributed by atoms with Gasteiger partial charge in [0.1, 0.15) is 34.1 Å². The summed E-state index contributed by atoms with van der Waals surface area (Å²) >= 11 is 0. The van der Waals surface area contributed by atoms with E-state index in [-0.39, 0.29) is 34.0 Å². The standard InChI is InChI=1S/C25H28FN3O4S.C2H6/c1-5-33-17-9-7-16(8-10-17)18-13-22(18)34(31)28-24-21(32-4)14-23(30)29(3)25(24)27-20-11-6-15(2)12-19(20)26;1-2/h6-12,14,18,22,27-28H,5,13H2,1-4H3;1-2H3. The predicted octanol–water partition coefficient (Wildman–Crippen LogP) is 5.64. The molecule has 7 nitrogen and oxygen atoms in total. The molecule has 1 aliphatic carbocycles. The van der Waals surface area contributed by atoms with Crippen molar-refractivity contribution >= 4 is 28.2 Å². The van der Waals surface area contributed by atoms with E-state index in [4.69, 9.17) is 9.47 Å². The van der Waals surface area contributed by atoms with Crippen LogP contribution in [0.1, 0.15) is 44.2 Å². The highest BCUT2D eigenvalue weighted by Gasteiger charge is 2.44. The maximum absolute atomic E-state index is 14.5. The molecule has 1 heterocycles. The topological polar surface area (TPSA) is 81.6 Å². The second-order valence-electron chi connectivity index (χ2n) is 8.22. The summed E-state index contributed by atoms with van der Waals surface area (Å²) in [4.78, 5) is 12.5. The maximum Gasteiger partial charge on any atom is 0.255 e. The van der Waals surface area contributed by atoms with Crippen LogP contribution < -0.4 is 25.1 Å². The second kappa shape index (κ2) is 12.1. The number of rotatable bonds is 9. The highest BCUT2D eigenvalue weighted by molar-refractivity contribution is 7.87. The molecule has 0 radical (unpaired) electrons. The molecule has 2 N–H and O–H groups in total. The Morgan fingerprint density at radius 1 is 1.14 bits per heavy atom. The van der Waals surface area contributed by atoms with Gasteiger partial charge >= 0.3 is 0 Å². The van der Waals surface area contributed by atoms with E-state index in [1.54, 1.807) is 26.1 Å². The summed E-state index contributed by atoms with van der Waals surface area (Å²) in [6.45, 7) is 8.33. The molecule has 36 heavy (non-hydrogen) atoms. The van der Waals surface area contributed by atoms with E-state index in [9.17, 15) is 13.4 Å².